The fourth-order valence-electron chi connectivity index (χ4n) is 3.70. The number of amides is 1. The zero-order valence-corrected chi connectivity index (χ0v) is 16.8. The Morgan fingerprint density at radius 3 is 2.59 bits per heavy atom. The zero-order valence-electron chi connectivity index (χ0n) is 16.0. The smallest absolute Gasteiger partial charge is 0.338 e. The van der Waals surface area contributed by atoms with E-state index in [0.717, 1.165) is 27.8 Å². The Bertz CT molecular complexity index is 1080. The first kappa shape index (κ1) is 19.2. The highest BCUT2D eigenvalue weighted by atomic mass is 35.5. The van der Waals surface area contributed by atoms with E-state index in [4.69, 9.17) is 16.3 Å². The van der Waals surface area contributed by atoms with Crippen molar-refractivity contribution in [1.82, 2.24) is 4.90 Å². The van der Waals surface area contributed by atoms with Crippen LogP contribution in [0.25, 0.3) is 0 Å². The number of fused-ring (bicyclic) bond motifs is 1. The van der Waals surface area contributed by atoms with Gasteiger partial charge in [0.05, 0.1) is 12.7 Å². The van der Waals surface area contributed by atoms with Crippen molar-refractivity contribution >= 4 is 23.5 Å². The van der Waals surface area contributed by atoms with Crippen LogP contribution in [-0.2, 0) is 24.2 Å². The summed E-state index contributed by atoms with van der Waals surface area (Å²) in [5.74, 6) is -0.356. The maximum Gasteiger partial charge on any atom is 0.338 e. The van der Waals surface area contributed by atoms with Gasteiger partial charge in [0.15, 0.2) is 0 Å². The Morgan fingerprint density at radius 2 is 1.83 bits per heavy atom. The number of nitrogens with zero attached hydrogens (tertiary/aromatic N) is 1. The number of methoxy groups -OCH3 is 1. The normalized spacial score (nSPS) is 12.8. The van der Waals surface area contributed by atoms with E-state index in [1.54, 1.807) is 12.1 Å². The number of rotatable bonds is 5. The third-order valence-electron chi connectivity index (χ3n) is 5.14. The first-order chi connectivity index (χ1) is 14.0. The molecule has 0 aromatic heterocycles. The lowest BCUT2D eigenvalue weighted by Gasteiger charge is -2.15. The Labute approximate surface area is 174 Å². The molecule has 1 aliphatic heterocycles. The third kappa shape index (κ3) is 4.03. The lowest BCUT2D eigenvalue weighted by Crippen LogP contribution is -2.23. The van der Waals surface area contributed by atoms with Gasteiger partial charge in [-0.1, -0.05) is 60.1 Å². The van der Waals surface area contributed by atoms with E-state index in [-0.39, 0.29) is 5.91 Å². The van der Waals surface area contributed by atoms with E-state index in [1.807, 2.05) is 59.5 Å². The average molecular weight is 406 g/mol. The highest BCUT2D eigenvalue weighted by molar-refractivity contribution is 6.31. The fourth-order valence-corrected chi connectivity index (χ4v) is 3.87. The van der Waals surface area contributed by atoms with Gasteiger partial charge in [-0.15, -0.1) is 0 Å². The summed E-state index contributed by atoms with van der Waals surface area (Å²) >= 11 is 6.05. The zero-order chi connectivity index (χ0) is 20.4. The summed E-state index contributed by atoms with van der Waals surface area (Å²) in [5, 5.41) is 0.491. The van der Waals surface area contributed by atoms with Gasteiger partial charge in [-0.2, -0.15) is 0 Å². The van der Waals surface area contributed by atoms with Crippen LogP contribution >= 0.6 is 11.6 Å². The highest BCUT2D eigenvalue weighted by Crippen LogP contribution is 2.27. The van der Waals surface area contributed by atoms with E-state index in [0.29, 0.717) is 30.1 Å². The van der Waals surface area contributed by atoms with Gasteiger partial charge >= 0.3 is 5.97 Å². The Kier molecular flexibility index (Phi) is 5.36. The molecule has 1 heterocycles. The van der Waals surface area contributed by atoms with Crippen molar-refractivity contribution in [2.24, 2.45) is 0 Å². The van der Waals surface area contributed by atoms with Crippen LogP contribution in [0, 0.1) is 0 Å². The van der Waals surface area contributed by atoms with Gasteiger partial charge in [0.2, 0.25) is 0 Å². The molecule has 146 valence electrons. The molecule has 4 nitrogen and oxygen atoms in total. The lowest BCUT2D eigenvalue weighted by molar-refractivity contribution is 0.0599. The molecule has 5 heteroatoms. The second-order valence-corrected chi connectivity index (χ2v) is 7.54. The van der Waals surface area contributed by atoms with Crippen LogP contribution in [0.15, 0.2) is 66.7 Å². The van der Waals surface area contributed by atoms with Gasteiger partial charge in [-0.3, -0.25) is 4.79 Å². The first-order valence-corrected chi connectivity index (χ1v) is 9.74. The Hall–Kier alpha value is -3.11. The van der Waals surface area contributed by atoms with Gasteiger partial charge in [0, 0.05) is 23.7 Å². The number of hydrogen-bond acceptors (Lipinski definition) is 3. The van der Waals surface area contributed by atoms with Crippen molar-refractivity contribution in [3.63, 3.8) is 0 Å². The number of carbonyl (C=O) groups is 2. The van der Waals surface area contributed by atoms with E-state index >= 15 is 0 Å². The van der Waals surface area contributed by atoms with Crippen molar-refractivity contribution in [3.8, 4) is 0 Å². The molecule has 3 aromatic carbocycles. The topological polar surface area (TPSA) is 46.6 Å². The number of hydrogen-bond donors (Lipinski definition) is 0. The molecule has 0 bridgehead atoms. The van der Waals surface area contributed by atoms with Crippen LogP contribution in [0.5, 0.6) is 0 Å². The summed E-state index contributed by atoms with van der Waals surface area (Å²) in [6, 6.07) is 21.1. The standard InChI is InChI=1S/C24H20ClNO3/c1-29-24(28)22-13-20(25)9-8-18(22)11-17-7-10-21-19(12-17)15-26(23(21)27)14-16-5-3-2-4-6-16/h2-10,12-13H,11,14-15H2,1H3. The summed E-state index contributed by atoms with van der Waals surface area (Å²) in [6.45, 7) is 1.18. The van der Waals surface area contributed by atoms with Crippen molar-refractivity contribution < 1.29 is 14.3 Å². The first-order valence-electron chi connectivity index (χ1n) is 9.37. The van der Waals surface area contributed by atoms with E-state index < -0.39 is 5.97 Å². The molecule has 0 saturated heterocycles. The Balaban J connectivity index is 1.56. The van der Waals surface area contributed by atoms with Gasteiger partial charge < -0.3 is 9.64 Å². The van der Waals surface area contributed by atoms with Crippen molar-refractivity contribution in [2.45, 2.75) is 19.5 Å². The lowest BCUT2D eigenvalue weighted by atomic mass is 9.97. The predicted octanol–water partition coefficient (Wildman–Crippen LogP) is 4.87. The third-order valence-corrected chi connectivity index (χ3v) is 5.37. The van der Waals surface area contributed by atoms with Crippen LogP contribution in [0.4, 0.5) is 0 Å². The van der Waals surface area contributed by atoms with Crippen LogP contribution in [-0.4, -0.2) is 23.9 Å². The van der Waals surface area contributed by atoms with Gasteiger partial charge in [0.25, 0.3) is 5.91 Å². The van der Waals surface area contributed by atoms with E-state index in [2.05, 4.69) is 0 Å². The van der Waals surface area contributed by atoms with Gasteiger partial charge in [-0.25, -0.2) is 4.79 Å². The minimum absolute atomic E-state index is 0.0529. The molecule has 3 aromatic rings. The predicted molar refractivity (Wildman–Crippen MR) is 112 cm³/mol. The maximum atomic E-state index is 12.7. The summed E-state index contributed by atoms with van der Waals surface area (Å²) < 4.78 is 4.88. The van der Waals surface area contributed by atoms with Crippen LogP contribution in [0.2, 0.25) is 5.02 Å². The second-order valence-electron chi connectivity index (χ2n) is 7.11. The Morgan fingerprint density at radius 1 is 1.03 bits per heavy atom. The largest absolute Gasteiger partial charge is 0.465 e. The van der Waals surface area contributed by atoms with Crippen molar-refractivity contribution in [2.75, 3.05) is 7.11 Å². The van der Waals surface area contributed by atoms with Crippen LogP contribution in [0.1, 0.15) is 43.0 Å². The molecular weight excluding hydrogens is 386 g/mol. The number of benzene rings is 3. The number of esters is 1. The molecular formula is C24H20ClNO3. The molecule has 0 radical (unpaired) electrons. The van der Waals surface area contributed by atoms with Crippen molar-refractivity contribution in [3.05, 3.63) is 105 Å². The quantitative estimate of drug-likeness (QED) is 0.569. The molecule has 0 atom stereocenters. The second kappa shape index (κ2) is 8.10. The minimum Gasteiger partial charge on any atom is -0.465 e. The molecule has 0 unspecified atom stereocenters. The van der Waals surface area contributed by atoms with Crippen LogP contribution < -0.4 is 0 Å². The molecule has 0 aliphatic carbocycles. The fraction of sp³-hybridized carbons (Fsp3) is 0.167. The summed E-state index contributed by atoms with van der Waals surface area (Å²) in [4.78, 5) is 26.7. The molecule has 0 fully saturated rings. The number of halogens is 1. The van der Waals surface area contributed by atoms with E-state index in [1.165, 1.54) is 7.11 Å². The summed E-state index contributed by atoms with van der Waals surface area (Å²) in [6.07, 6.45) is 0.557. The molecule has 0 N–H and O–H groups in total. The molecule has 0 saturated carbocycles. The minimum atomic E-state index is -0.409. The van der Waals surface area contributed by atoms with Gasteiger partial charge in [0.1, 0.15) is 0 Å². The van der Waals surface area contributed by atoms with Crippen LogP contribution in [0.3, 0.4) is 0 Å². The average Bonchev–Trinajstić information content (AvgIpc) is 3.04. The monoisotopic (exact) mass is 405 g/mol. The van der Waals surface area contributed by atoms with Gasteiger partial charge in [-0.05, 0) is 46.9 Å². The SMILES string of the molecule is COC(=O)c1cc(Cl)ccc1Cc1ccc2c(c1)CN(Cc1ccccc1)C2=O. The molecule has 0 spiro atoms. The maximum absolute atomic E-state index is 12.7. The highest BCUT2D eigenvalue weighted by Gasteiger charge is 2.27. The summed E-state index contributed by atoms with van der Waals surface area (Å²) in [5.41, 5.74) is 5.20. The number of ether oxygens (including phenoxy) is 1. The molecule has 1 amide bonds. The molecule has 4 rings (SSSR count). The number of carbonyl (C=O) groups excluding carboxylic acids is 2. The summed E-state index contributed by atoms with van der Waals surface area (Å²) in [7, 11) is 1.36. The van der Waals surface area contributed by atoms with Crippen molar-refractivity contribution in [1.29, 1.82) is 0 Å². The molecule has 1 aliphatic rings. The van der Waals surface area contributed by atoms with E-state index in [9.17, 15) is 9.59 Å². The molecule has 29 heavy (non-hydrogen) atoms.